The smallest absolute Gasteiger partial charge is 0.00979 e. The highest BCUT2D eigenvalue weighted by Gasteiger charge is 2.34. The van der Waals surface area contributed by atoms with Gasteiger partial charge in [0.25, 0.3) is 0 Å². The fraction of sp³-hybridized carbons (Fsp3) is 1.00. The van der Waals surface area contributed by atoms with Crippen LogP contribution >= 0.6 is 0 Å². The zero-order chi connectivity index (χ0) is 10.8. The molecule has 0 aromatic carbocycles. The van der Waals surface area contributed by atoms with Crippen molar-refractivity contribution in [2.75, 3.05) is 0 Å². The minimum atomic E-state index is 0.805. The fourth-order valence-electron chi connectivity index (χ4n) is 3.18. The van der Waals surface area contributed by atoms with E-state index in [9.17, 15) is 0 Å². The number of hydrogen-bond donors (Lipinski definition) is 1. The Labute approximate surface area is 95.0 Å². The molecule has 0 amide bonds. The summed E-state index contributed by atoms with van der Waals surface area (Å²) in [4.78, 5) is 0. The maximum atomic E-state index is 3.95. The van der Waals surface area contributed by atoms with E-state index in [-0.39, 0.29) is 0 Å². The third kappa shape index (κ3) is 2.75. The molecule has 0 aliphatic heterocycles. The average molecular weight is 209 g/mol. The molecule has 0 bridgehead atoms. The van der Waals surface area contributed by atoms with Crippen molar-refractivity contribution in [2.45, 2.75) is 71.4 Å². The first-order valence-electron chi connectivity index (χ1n) is 6.98. The second kappa shape index (κ2) is 4.86. The highest BCUT2D eigenvalue weighted by Crippen LogP contribution is 2.36. The molecule has 2 rings (SSSR count). The van der Waals surface area contributed by atoms with Crippen LogP contribution in [0, 0.1) is 17.8 Å². The van der Waals surface area contributed by atoms with Gasteiger partial charge in [0.15, 0.2) is 0 Å². The fourth-order valence-corrected chi connectivity index (χ4v) is 3.18. The normalized spacial score (nSPS) is 39.0. The summed E-state index contributed by atoms with van der Waals surface area (Å²) in [5, 5.41) is 3.95. The molecule has 2 aliphatic carbocycles. The Kier molecular flexibility index (Phi) is 3.71. The highest BCUT2D eigenvalue weighted by molar-refractivity contribution is 4.90. The first-order valence-corrected chi connectivity index (χ1v) is 6.98. The van der Waals surface area contributed by atoms with Gasteiger partial charge < -0.3 is 5.32 Å². The zero-order valence-electron chi connectivity index (χ0n) is 10.6. The van der Waals surface area contributed by atoms with Crippen molar-refractivity contribution in [3.05, 3.63) is 0 Å². The molecule has 0 radical (unpaired) electrons. The molecule has 0 heterocycles. The second-order valence-corrected chi connectivity index (χ2v) is 5.89. The standard InChI is InChI=1S/C14H27N/c1-4-13(12-8-9-12)15-14-7-5-6-10(2)11(14)3/h10-15H,4-9H2,1-3H3. The Bertz CT molecular complexity index is 198. The van der Waals surface area contributed by atoms with E-state index in [0.29, 0.717) is 0 Å². The Hall–Kier alpha value is -0.0400. The Morgan fingerprint density at radius 1 is 1.13 bits per heavy atom. The summed E-state index contributed by atoms with van der Waals surface area (Å²) in [6.45, 7) is 7.21. The summed E-state index contributed by atoms with van der Waals surface area (Å²) in [6, 6.07) is 1.63. The molecular formula is C14H27N. The van der Waals surface area contributed by atoms with Gasteiger partial charge >= 0.3 is 0 Å². The lowest BCUT2D eigenvalue weighted by Gasteiger charge is -2.37. The van der Waals surface area contributed by atoms with Crippen LogP contribution in [0.15, 0.2) is 0 Å². The van der Waals surface area contributed by atoms with Crippen molar-refractivity contribution in [3.63, 3.8) is 0 Å². The molecule has 4 atom stereocenters. The van der Waals surface area contributed by atoms with Crippen LogP contribution in [0.4, 0.5) is 0 Å². The van der Waals surface area contributed by atoms with Crippen molar-refractivity contribution in [1.82, 2.24) is 5.32 Å². The van der Waals surface area contributed by atoms with Gasteiger partial charge in [0, 0.05) is 12.1 Å². The summed E-state index contributed by atoms with van der Waals surface area (Å²) in [6.07, 6.45) is 8.56. The minimum absolute atomic E-state index is 0.805. The summed E-state index contributed by atoms with van der Waals surface area (Å²) in [7, 11) is 0. The molecule has 15 heavy (non-hydrogen) atoms. The van der Waals surface area contributed by atoms with E-state index in [4.69, 9.17) is 0 Å². The molecule has 4 unspecified atom stereocenters. The molecule has 1 N–H and O–H groups in total. The minimum Gasteiger partial charge on any atom is -0.311 e. The van der Waals surface area contributed by atoms with Crippen molar-refractivity contribution < 1.29 is 0 Å². The number of nitrogens with one attached hydrogen (secondary N) is 1. The lowest BCUT2D eigenvalue weighted by Crippen LogP contribution is -2.46. The predicted molar refractivity (Wildman–Crippen MR) is 65.9 cm³/mol. The van der Waals surface area contributed by atoms with Crippen LogP contribution in [0.3, 0.4) is 0 Å². The number of hydrogen-bond acceptors (Lipinski definition) is 1. The maximum Gasteiger partial charge on any atom is 0.00979 e. The zero-order valence-corrected chi connectivity index (χ0v) is 10.6. The molecule has 2 aliphatic rings. The summed E-state index contributed by atoms with van der Waals surface area (Å²) < 4.78 is 0. The maximum absolute atomic E-state index is 3.95. The largest absolute Gasteiger partial charge is 0.311 e. The van der Waals surface area contributed by atoms with Gasteiger partial charge in [-0.05, 0) is 43.4 Å². The lowest BCUT2D eigenvalue weighted by atomic mass is 9.77. The van der Waals surface area contributed by atoms with E-state index in [1.54, 1.807) is 0 Å². The average Bonchev–Trinajstić information content (AvgIpc) is 3.04. The van der Waals surface area contributed by atoms with Crippen molar-refractivity contribution in [2.24, 2.45) is 17.8 Å². The van der Waals surface area contributed by atoms with Gasteiger partial charge in [-0.2, -0.15) is 0 Å². The Morgan fingerprint density at radius 2 is 1.87 bits per heavy atom. The summed E-state index contributed by atoms with van der Waals surface area (Å²) in [5.74, 6) is 2.82. The van der Waals surface area contributed by atoms with E-state index in [0.717, 1.165) is 29.8 Å². The molecule has 1 heteroatoms. The third-order valence-corrected chi connectivity index (χ3v) is 4.77. The molecule has 0 aromatic heterocycles. The summed E-state index contributed by atoms with van der Waals surface area (Å²) in [5.41, 5.74) is 0. The van der Waals surface area contributed by atoms with E-state index in [2.05, 4.69) is 26.1 Å². The van der Waals surface area contributed by atoms with Crippen LogP contribution in [0.1, 0.15) is 59.3 Å². The monoisotopic (exact) mass is 209 g/mol. The van der Waals surface area contributed by atoms with Gasteiger partial charge in [-0.25, -0.2) is 0 Å². The SMILES string of the molecule is CCC(NC1CCCC(C)C1C)C1CC1. The first kappa shape index (κ1) is 11.4. The molecule has 88 valence electrons. The molecule has 0 spiro atoms. The van der Waals surface area contributed by atoms with Gasteiger partial charge in [0.1, 0.15) is 0 Å². The van der Waals surface area contributed by atoms with Crippen molar-refractivity contribution >= 4 is 0 Å². The topological polar surface area (TPSA) is 12.0 Å². The first-order chi connectivity index (χ1) is 7.22. The molecule has 2 fully saturated rings. The Morgan fingerprint density at radius 3 is 2.47 bits per heavy atom. The van der Waals surface area contributed by atoms with Crippen LogP contribution in [-0.4, -0.2) is 12.1 Å². The van der Waals surface area contributed by atoms with Crippen LogP contribution in [-0.2, 0) is 0 Å². The van der Waals surface area contributed by atoms with Crippen LogP contribution < -0.4 is 5.32 Å². The van der Waals surface area contributed by atoms with Crippen LogP contribution in [0.2, 0.25) is 0 Å². The molecule has 2 saturated carbocycles. The van der Waals surface area contributed by atoms with Crippen LogP contribution in [0.5, 0.6) is 0 Å². The van der Waals surface area contributed by atoms with E-state index in [1.165, 1.54) is 38.5 Å². The molecule has 0 saturated heterocycles. The quantitative estimate of drug-likeness (QED) is 0.746. The highest BCUT2D eigenvalue weighted by atomic mass is 15.0. The van der Waals surface area contributed by atoms with Gasteiger partial charge in [0.2, 0.25) is 0 Å². The van der Waals surface area contributed by atoms with Gasteiger partial charge in [-0.3, -0.25) is 0 Å². The van der Waals surface area contributed by atoms with E-state index in [1.807, 2.05) is 0 Å². The number of rotatable bonds is 4. The van der Waals surface area contributed by atoms with Crippen LogP contribution in [0.25, 0.3) is 0 Å². The van der Waals surface area contributed by atoms with E-state index >= 15 is 0 Å². The second-order valence-electron chi connectivity index (χ2n) is 5.89. The predicted octanol–water partition coefficient (Wildman–Crippen LogP) is 3.59. The summed E-state index contributed by atoms with van der Waals surface area (Å²) >= 11 is 0. The molecule has 0 aromatic rings. The molecular weight excluding hydrogens is 182 g/mol. The molecule has 1 nitrogen and oxygen atoms in total. The Balaban J connectivity index is 1.85. The van der Waals surface area contributed by atoms with Gasteiger partial charge in [-0.1, -0.05) is 33.6 Å². The van der Waals surface area contributed by atoms with Crippen molar-refractivity contribution in [3.8, 4) is 0 Å². The van der Waals surface area contributed by atoms with Gasteiger partial charge in [-0.15, -0.1) is 0 Å². The third-order valence-electron chi connectivity index (χ3n) is 4.77. The van der Waals surface area contributed by atoms with Gasteiger partial charge in [0.05, 0.1) is 0 Å². The van der Waals surface area contributed by atoms with Crippen molar-refractivity contribution in [1.29, 1.82) is 0 Å². The van der Waals surface area contributed by atoms with E-state index < -0.39 is 0 Å². The lowest BCUT2D eigenvalue weighted by molar-refractivity contribution is 0.187.